The minimum absolute atomic E-state index is 0.489. The van der Waals surface area contributed by atoms with Crippen molar-refractivity contribution in [3.63, 3.8) is 0 Å². The Labute approximate surface area is 109 Å². The van der Waals surface area contributed by atoms with E-state index >= 15 is 0 Å². The largest absolute Gasteiger partial charge is 0.388 e. The molecule has 0 aliphatic rings. The van der Waals surface area contributed by atoms with Crippen LogP contribution < -0.4 is 10.6 Å². The summed E-state index contributed by atoms with van der Waals surface area (Å²) in [6.45, 7) is 9.09. The molecule has 18 heavy (non-hydrogen) atoms. The lowest BCUT2D eigenvalue weighted by Crippen LogP contribution is -2.33. The smallest absolute Gasteiger partial charge is 0.131 e. The molecule has 0 radical (unpaired) electrons. The van der Waals surface area contributed by atoms with Gasteiger partial charge in [0.25, 0.3) is 0 Å². The zero-order chi connectivity index (χ0) is 13.6. The fourth-order valence-corrected chi connectivity index (χ4v) is 1.84. The van der Waals surface area contributed by atoms with Crippen LogP contribution in [0.15, 0.2) is 6.07 Å². The van der Waals surface area contributed by atoms with Crippen molar-refractivity contribution in [1.82, 2.24) is 9.97 Å². The molecule has 1 unspecified atom stereocenters. The van der Waals surface area contributed by atoms with Crippen LogP contribution in [-0.2, 0) is 0 Å². The van der Waals surface area contributed by atoms with Gasteiger partial charge in [-0.3, -0.25) is 0 Å². The number of hydrogen-bond acceptors (Lipinski definition) is 5. The number of nitrogens with zero attached hydrogens (tertiary/aromatic N) is 2. The van der Waals surface area contributed by atoms with Gasteiger partial charge in [-0.15, -0.1) is 0 Å². The molecule has 1 heterocycles. The average Bonchev–Trinajstić information content (AvgIpc) is 2.26. The maximum Gasteiger partial charge on any atom is 0.131 e. The second-order valence-electron chi connectivity index (χ2n) is 4.82. The Bertz CT molecular complexity index is 379. The number of nitrogens with one attached hydrogen (secondary N) is 2. The molecule has 0 spiro atoms. The number of aliphatic hydroxyl groups is 1. The van der Waals surface area contributed by atoms with Gasteiger partial charge in [-0.2, -0.15) is 0 Å². The molecule has 1 rings (SSSR count). The number of anilines is 2. The molecule has 0 aliphatic heterocycles. The zero-order valence-corrected chi connectivity index (χ0v) is 11.7. The molecule has 1 atom stereocenters. The Kier molecular flexibility index (Phi) is 5.34. The number of hydrogen-bond donors (Lipinski definition) is 3. The lowest BCUT2D eigenvalue weighted by Gasteiger charge is -2.23. The van der Waals surface area contributed by atoms with Crippen molar-refractivity contribution < 1.29 is 5.11 Å². The van der Waals surface area contributed by atoms with E-state index in [1.54, 1.807) is 0 Å². The number of aromatic nitrogens is 2. The SMILES string of the molecule is CCCC(C)(O)CNc1cc(NCC)nc(C)n1. The quantitative estimate of drug-likeness (QED) is 0.694. The van der Waals surface area contributed by atoms with E-state index in [9.17, 15) is 5.11 Å². The maximum atomic E-state index is 10.1. The third-order valence-electron chi connectivity index (χ3n) is 2.63. The fourth-order valence-electron chi connectivity index (χ4n) is 1.84. The lowest BCUT2D eigenvalue weighted by molar-refractivity contribution is 0.0636. The molecule has 0 saturated heterocycles. The zero-order valence-electron chi connectivity index (χ0n) is 11.7. The Balaban J connectivity index is 2.66. The molecule has 0 amide bonds. The summed E-state index contributed by atoms with van der Waals surface area (Å²) in [5, 5.41) is 16.4. The summed E-state index contributed by atoms with van der Waals surface area (Å²) in [4.78, 5) is 8.59. The van der Waals surface area contributed by atoms with Crippen LogP contribution in [0.5, 0.6) is 0 Å². The van der Waals surface area contributed by atoms with Gasteiger partial charge in [-0.25, -0.2) is 9.97 Å². The summed E-state index contributed by atoms with van der Waals surface area (Å²) < 4.78 is 0. The summed E-state index contributed by atoms with van der Waals surface area (Å²) in [6, 6.07) is 1.86. The Morgan fingerprint density at radius 3 is 2.39 bits per heavy atom. The van der Waals surface area contributed by atoms with Gasteiger partial charge in [0, 0.05) is 19.2 Å². The number of aryl methyl sites for hydroxylation is 1. The molecule has 5 nitrogen and oxygen atoms in total. The Morgan fingerprint density at radius 2 is 1.83 bits per heavy atom. The summed E-state index contributed by atoms with van der Waals surface area (Å²) >= 11 is 0. The first-order valence-electron chi connectivity index (χ1n) is 6.52. The lowest BCUT2D eigenvalue weighted by atomic mass is 10.0. The van der Waals surface area contributed by atoms with Crippen LogP contribution in [0.2, 0.25) is 0 Å². The normalized spacial score (nSPS) is 14.1. The highest BCUT2D eigenvalue weighted by atomic mass is 16.3. The van der Waals surface area contributed by atoms with E-state index in [0.29, 0.717) is 12.4 Å². The molecule has 0 fully saturated rings. The second kappa shape index (κ2) is 6.54. The van der Waals surface area contributed by atoms with Gasteiger partial charge in [0.1, 0.15) is 17.5 Å². The summed E-state index contributed by atoms with van der Waals surface area (Å²) in [6.07, 6.45) is 1.73. The van der Waals surface area contributed by atoms with Crippen LogP contribution in [0.25, 0.3) is 0 Å². The van der Waals surface area contributed by atoms with Crippen LogP contribution in [0, 0.1) is 6.92 Å². The standard InChI is InChI=1S/C13H24N4O/c1-5-7-13(4,18)9-15-12-8-11(14-6-2)16-10(3)17-12/h8,18H,5-7,9H2,1-4H3,(H2,14,15,16,17). The third-order valence-corrected chi connectivity index (χ3v) is 2.63. The topological polar surface area (TPSA) is 70.1 Å². The Hall–Kier alpha value is -1.36. The molecule has 0 aliphatic carbocycles. The molecule has 102 valence electrons. The molecule has 1 aromatic heterocycles. The van der Waals surface area contributed by atoms with Crippen molar-refractivity contribution in [3.8, 4) is 0 Å². The van der Waals surface area contributed by atoms with E-state index in [1.165, 1.54) is 0 Å². The second-order valence-corrected chi connectivity index (χ2v) is 4.82. The molecular formula is C13H24N4O. The van der Waals surface area contributed by atoms with E-state index in [2.05, 4.69) is 27.5 Å². The van der Waals surface area contributed by atoms with Gasteiger partial charge in [0.2, 0.25) is 0 Å². The molecule has 0 bridgehead atoms. The first kappa shape index (κ1) is 14.7. The van der Waals surface area contributed by atoms with Crippen molar-refractivity contribution in [1.29, 1.82) is 0 Å². The first-order chi connectivity index (χ1) is 8.46. The molecule has 1 aromatic rings. The maximum absolute atomic E-state index is 10.1. The highest BCUT2D eigenvalue weighted by molar-refractivity contribution is 5.47. The summed E-state index contributed by atoms with van der Waals surface area (Å²) in [7, 11) is 0. The highest BCUT2D eigenvalue weighted by Gasteiger charge is 2.18. The van der Waals surface area contributed by atoms with E-state index in [0.717, 1.165) is 31.0 Å². The highest BCUT2D eigenvalue weighted by Crippen LogP contribution is 2.15. The Morgan fingerprint density at radius 1 is 1.22 bits per heavy atom. The van der Waals surface area contributed by atoms with Crippen LogP contribution in [0.1, 0.15) is 39.4 Å². The van der Waals surface area contributed by atoms with Gasteiger partial charge in [-0.1, -0.05) is 13.3 Å². The fraction of sp³-hybridized carbons (Fsp3) is 0.692. The predicted molar refractivity (Wildman–Crippen MR) is 75.0 cm³/mol. The van der Waals surface area contributed by atoms with Crippen molar-refractivity contribution in [2.45, 2.75) is 46.1 Å². The third kappa shape index (κ3) is 4.87. The van der Waals surface area contributed by atoms with Gasteiger partial charge >= 0.3 is 0 Å². The van der Waals surface area contributed by atoms with Crippen LogP contribution in [0.3, 0.4) is 0 Å². The molecule has 0 aromatic carbocycles. The number of rotatable bonds is 7. The molecule has 0 saturated carbocycles. The minimum Gasteiger partial charge on any atom is -0.388 e. The minimum atomic E-state index is -0.702. The molecular weight excluding hydrogens is 228 g/mol. The van der Waals surface area contributed by atoms with E-state index < -0.39 is 5.60 Å². The van der Waals surface area contributed by atoms with Crippen LogP contribution >= 0.6 is 0 Å². The van der Waals surface area contributed by atoms with Crippen LogP contribution in [0.4, 0.5) is 11.6 Å². The molecule has 3 N–H and O–H groups in total. The van der Waals surface area contributed by atoms with Gasteiger partial charge in [0.05, 0.1) is 5.60 Å². The summed E-state index contributed by atoms with van der Waals surface area (Å²) in [5.41, 5.74) is -0.702. The first-order valence-corrected chi connectivity index (χ1v) is 6.52. The average molecular weight is 252 g/mol. The van der Waals surface area contributed by atoms with Crippen molar-refractivity contribution in [3.05, 3.63) is 11.9 Å². The van der Waals surface area contributed by atoms with Gasteiger partial charge < -0.3 is 15.7 Å². The van der Waals surface area contributed by atoms with Crippen molar-refractivity contribution >= 4 is 11.6 Å². The monoisotopic (exact) mass is 252 g/mol. The van der Waals surface area contributed by atoms with Crippen molar-refractivity contribution in [2.24, 2.45) is 0 Å². The molecule has 5 heteroatoms. The van der Waals surface area contributed by atoms with Gasteiger partial charge in [-0.05, 0) is 27.2 Å². The van der Waals surface area contributed by atoms with E-state index in [4.69, 9.17) is 0 Å². The van der Waals surface area contributed by atoms with Crippen LogP contribution in [-0.4, -0.2) is 33.8 Å². The van der Waals surface area contributed by atoms with E-state index in [1.807, 2.05) is 26.8 Å². The van der Waals surface area contributed by atoms with Gasteiger partial charge in [0.15, 0.2) is 0 Å². The van der Waals surface area contributed by atoms with Crippen molar-refractivity contribution in [2.75, 3.05) is 23.7 Å². The summed E-state index contributed by atoms with van der Waals surface area (Å²) in [5.74, 6) is 2.27. The van der Waals surface area contributed by atoms with E-state index in [-0.39, 0.29) is 0 Å². The predicted octanol–water partition coefficient (Wildman–Crippen LogP) is 2.18.